The summed E-state index contributed by atoms with van der Waals surface area (Å²) in [6.45, 7) is 2.91. The van der Waals surface area contributed by atoms with Crippen LogP contribution in [0.15, 0.2) is 0 Å². The van der Waals surface area contributed by atoms with Crippen LogP contribution < -0.4 is 5.32 Å². The van der Waals surface area contributed by atoms with Gasteiger partial charge in [-0.05, 0) is 12.8 Å². The number of rotatable bonds is 2. The molecule has 4 heteroatoms. The number of nitrogens with one attached hydrogen (secondary N) is 1. The molecule has 0 spiro atoms. The van der Waals surface area contributed by atoms with Gasteiger partial charge in [0.1, 0.15) is 6.10 Å². The Bertz CT molecular complexity index is 193. The molecule has 0 aromatic rings. The lowest BCUT2D eigenvalue weighted by Crippen LogP contribution is -2.31. The summed E-state index contributed by atoms with van der Waals surface area (Å²) >= 11 is 0. The van der Waals surface area contributed by atoms with Crippen LogP contribution >= 0.6 is 0 Å². The molecule has 0 saturated heterocycles. The minimum Gasteiger partial charge on any atom is -0.462 e. The predicted molar refractivity (Wildman–Crippen MR) is 47.0 cm³/mol. The minimum absolute atomic E-state index is 0.00523. The van der Waals surface area contributed by atoms with Crippen molar-refractivity contribution in [2.75, 3.05) is 0 Å². The third kappa shape index (κ3) is 3.44. The summed E-state index contributed by atoms with van der Waals surface area (Å²) in [4.78, 5) is 21.3. The molecule has 0 aromatic carbocycles. The maximum absolute atomic E-state index is 10.7. The van der Waals surface area contributed by atoms with Gasteiger partial charge in [-0.15, -0.1) is 0 Å². The number of hydrogen-bond donors (Lipinski definition) is 1. The van der Waals surface area contributed by atoms with Crippen LogP contribution in [0.25, 0.3) is 0 Å². The highest BCUT2D eigenvalue weighted by Gasteiger charge is 2.26. The highest BCUT2D eigenvalue weighted by Crippen LogP contribution is 2.21. The molecule has 0 radical (unpaired) electrons. The van der Waals surface area contributed by atoms with E-state index in [4.69, 9.17) is 4.74 Å². The second-order valence-electron chi connectivity index (χ2n) is 3.44. The van der Waals surface area contributed by atoms with Crippen molar-refractivity contribution in [3.63, 3.8) is 0 Å². The summed E-state index contributed by atoms with van der Waals surface area (Å²) < 4.78 is 5.03. The largest absolute Gasteiger partial charge is 0.462 e. The first-order valence-electron chi connectivity index (χ1n) is 4.52. The zero-order valence-corrected chi connectivity index (χ0v) is 8.00. The van der Waals surface area contributed by atoms with Crippen LogP contribution in [0.5, 0.6) is 0 Å². The normalized spacial score (nSPS) is 26.9. The highest BCUT2D eigenvalue weighted by atomic mass is 16.5. The van der Waals surface area contributed by atoms with Crippen molar-refractivity contribution in [1.82, 2.24) is 5.32 Å². The lowest BCUT2D eigenvalue weighted by atomic mass is 10.2. The standard InChI is InChI=1S/C9H15NO3/c1-6(11)10-8-3-4-9(5-8)13-7(2)12/h8-9H,3-5H2,1-2H3,(H,10,11)/t8-,9+/m0/s1. The SMILES string of the molecule is CC(=O)N[C@H]1CC[C@@H](OC(C)=O)C1. The molecule has 1 N–H and O–H groups in total. The maximum atomic E-state index is 10.7. The molecule has 2 atom stereocenters. The van der Waals surface area contributed by atoms with E-state index in [2.05, 4.69) is 5.32 Å². The summed E-state index contributed by atoms with van der Waals surface area (Å²) in [6.07, 6.45) is 2.50. The minimum atomic E-state index is -0.242. The van der Waals surface area contributed by atoms with Crippen molar-refractivity contribution in [3.05, 3.63) is 0 Å². The van der Waals surface area contributed by atoms with Crippen LogP contribution in [0.3, 0.4) is 0 Å². The zero-order chi connectivity index (χ0) is 9.84. The first kappa shape index (κ1) is 10.0. The van der Waals surface area contributed by atoms with Gasteiger partial charge in [-0.2, -0.15) is 0 Å². The molecule has 1 amide bonds. The van der Waals surface area contributed by atoms with E-state index in [1.807, 2.05) is 0 Å². The van der Waals surface area contributed by atoms with Crippen molar-refractivity contribution < 1.29 is 14.3 Å². The molecule has 0 aliphatic heterocycles. The molecule has 1 rings (SSSR count). The Labute approximate surface area is 77.6 Å². The molecule has 1 fully saturated rings. The summed E-state index contributed by atoms with van der Waals surface area (Å²) in [6, 6.07) is 0.182. The third-order valence-corrected chi connectivity index (χ3v) is 2.12. The molecule has 0 heterocycles. The first-order valence-corrected chi connectivity index (χ1v) is 4.52. The van der Waals surface area contributed by atoms with Gasteiger partial charge in [0.05, 0.1) is 0 Å². The summed E-state index contributed by atoms with van der Waals surface area (Å²) in [5.74, 6) is -0.262. The van der Waals surface area contributed by atoms with Crippen LogP contribution in [0, 0.1) is 0 Å². The van der Waals surface area contributed by atoms with Crippen molar-refractivity contribution in [2.45, 2.75) is 45.3 Å². The Balaban J connectivity index is 2.27. The van der Waals surface area contributed by atoms with Crippen molar-refractivity contribution in [3.8, 4) is 0 Å². The van der Waals surface area contributed by atoms with Gasteiger partial charge in [0.15, 0.2) is 0 Å². The molecular weight excluding hydrogens is 170 g/mol. The number of hydrogen-bond acceptors (Lipinski definition) is 3. The average molecular weight is 185 g/mol. The second kappa shape index (κ2) is 4.25. The summed E-state index contributed by atoms with van der Waals surface area (Å²) in [5, 5.41) is 2.81. The van der Waals surface area contributed by atoms with Gasteiger partial charge in [-0.3, -0.25) is 9.59 Å². The van der Waals surface area contributed by atoms with Crippen molar-refractivity contribution in [2.24, 2.45) is 0 Å². The van der Waals surface area contributed by atoms with Gasteiger partial charge in [0, 0.05) is 26.3 Å². The Hall–Kier alpha value is -1.06. The molecule has 1 aliphatic rings. The fourth-order valence-corrected chi connectivity index (χ4v) is 1.70. The third-order valence-electron chi connectivity index (χ3n) is 2.12. The number of ether oxygens (including phenoxy) is 1. The number of carbonyl (C=O) groups is 2. The molecule has 0 bridgehead atoms. The zero-order valence-electron chi connectivity index (χ0n) is 8.00. The van der Waals surface area contributed by atoms with Gasteiger partial charge >= 0.3 is 5.97 Å². The molecule has 4 nitrogen and oxygen atoms in total. The van der Waals surface area contributed by atoms with Gasteiger partial charge in [0.2, 0.25) is 5.91 Å². The monoisotopic (exact) mass is 185 g/mol. The lowest BCUT2D eigenvalue weighted by Gasteiger charge is -2.11. The lowest BCUT2D eigenvalue weighted by molar-refractivity contribution is -0.145. The molecule has 0 unspecified atom stereocenters. The fraction of sp³-hybridized carbons (Fsp3) is 0.778. The van der Waals surface area contributed by atoms with Gasteiger partial charge < -0.3 is 10.1 Å². The van der Waals surface area contributed by atoms with E-state index in [9.17, 15) is 9.59 Å². The van der Waals surface area contributed by atoms with E-state index in [1.54, 1.807) is 0 Å². The maximum Gasteiger partial charge on any atom is 0.302 e. The molecule has 1 aliphatic carbocycles. The van der Waals surface area contributed by atoms with E-state index in [0.29, 0.717) is 0 Å². The van der Waals surface area contributed by atoms with E-state index in [0.717, 1.165) is 19.3 Å². The molecular formula is C9H15NO3. The van der Waals surface area contributed by atoms with Crippen LogP contribution in [0.1, 0.15) is 33.1 Å². The van der Waals surface area contributed by atoms with E-state index in [1.165, 1.54) is 13.8 Å². The Morgan fingerprint density at radius 3 is 2.54 bits per heavy atom. The van der Waals surface area contributed by atoms with Crippen LogP contribution in [0.4, 0.5) is 0 Å². The number of esters is 1. The quantitative estimate of drug-likeness (QED) is 0.641. The predicted octanol–water partition coefficient (Wildman–Crippen LogP) is 0.607. The number of amides is 1. The summed E-state index contributed by atoms with van der Waals surface area (Å²) in [7, 11) is 0. The van der Waals surface area contributed by atoms with Crippen LogP contribution in [-0.4, -0.2) is 24.0 Å². The van der Waals surface area contributed by atoms with Crippen molar-refractivity contribution in [1.29, 1.82) is 0 Å². The van der Waals surface area contributed by atoms with Gasteiger partial charge in [-0.1, -0.05) is 0 Å². The average Bonchev–Trinajstić information content (AvgIpc) is 2.33. The highest BCUT2D eigenvalue weighted by molar-refractivity contribution is 5.73. The van der Waals surface area contributed by atoms with Crippen LogP contribution in [-0.2, 0) is 14.3 Å². The smallest absolute Gasteiger partial charge is 0.302 e. The fourth-order valence-electron chi connectivity index (χ4n) is 1.70. The molecule has 13 heavy (non-hydrogen) atoms. The summed E-state index contributed by atoms with van der Waals surface area (Å²) in [5.41, 5.74) is 0. The topological polar surface area (TPSA) is 55.4 Å². The Morgan fingerprint density at radius 1 is 1.31 bits per heavy atom. The van der Waals surface area contributed by atoms with Gasteiger partial charge in [-0.25, -0.2) is 0 Å². The molecule has 1 saturated carbocycles. The molecule has 74 valence electrons. The van der Waals surface area contributed by atoms with E-state index < -0.39 is 0 Å². The van der Waals surface area contributed by atoms with Crippen molar-refractivity contribution >= 4 is 11.9 Å². The molecule has 0 aromatic heterocycles. The van der Waals surface area contributed by atoms with Gasteiger partial charge in [0.25, 0.3) is 0 Å². The van der Waals surface area contributed by atoms with Crippen LogP contribution in [0.2, 0.25) is 0 Å². The number of carbonyl (C=O) groups excluding carboxylic acids is 2. The Kier molecular flexibility index (Phi) is 3.28. The van der Waals surface area contributed by atoms with E-state index in [-0.39, 0.29) is 24.0 Å². The Morgan fingerprint density at radius 2 is 2.00 bits per heavy atom. The second-order valence-corrected chi connectivity index (χ2v) is 3.44. The first-order chi connectivity index (χ1) is 6.08. The van der Waals surface area contributed by atoms with E-state index >= 15 is 0 Å².